The maximum absolute atomic E-state index is 4.45. The molecular formula is C17H30N4. The first-order valence-electron chi connectivity index (χ1n) is 8.30. The van der Waals surface area contributed by atoms with Crippen molar-refractivity contribution in [1.29, 1.82) is 0 Å². The molecule has 0 saturated carbocycles. The van der Waals surface area contributed by atoms with E-state index in [1.54, 1.807) is 0 Å². The van der Waals surface area contributed by atoms with E-state index in [-0.39, 0.29) is 0 Å². The van der Waals surface area contributed by atoms with Gasteiger partial charge in [0.1, 0.15) is 5.82 Å². The zero-order valence-electron chi connectivity index (χ0n) is 13.8. The van der Waals surface area contributed by atoms with Crippen molar-refractivity contribution in [3.63, 3.8) is 0 Å². The molecule has 1 fully saturated rings. The summed E-state index contributed by atoms with van der Waals surface area (Å²) in [4.78, 5) is 9.46. The van der Waals surface area contributed by atoms with Gasteiger partial charge in [0.25, 0.3) is 0 Å². The second-order valence-electron chi connectivity index (χ2n) is 6.31. The molecule has 0 radical (unpaired) electrons. The molecule has 2 heterocycles. The molecule has 118 valence electrons. The highest BCUT2D eigenvalue weighted by Gasteiger charge is 2.21. The van der Waals surface area contributed by atoms with Crippen LogP contribution in [0.15, 0.2) is 24.4 Å². The lowest BCUT2D eigenvalue weighted by molar-refractivity contribution is 0.185. The van der Waals surface area contributed by atoms with Gasteiger partial charge in [-0.2, -0.15) is 0 Å². The molecule has 4 nitrogen and oxygen atoms in total. The van der Waals surface area contributed by atoms with Gasteiger partial charge in [-0.3, -0.25) is 4.90 Å². The van der Waals surface area contributed by atoms with E-state index in [1.165, 1.54) is 12.8 Å². The van der Waals surface area contributed by atoms with Gasteiger partial charge in [0.2, 0.25) is 0 Å². The third-order valence-electron chi connectivity index (χ3n) is 4.26. The summed E-state index contributed by atoms with van der Waals surface area (Å²) in [6, 6.07) is 7.44. The fourth-order valence-corrected chi connectivity index (χ4v) is 2.90. The first kappa shape index (κ1) is 16.2. The monoisotopic (exact) mass is 290 g/mol. The van der Waals surface area contributed by atoms with Gasteiger partial charge in [0.15, 0.2) is 0 Å². The Morgan fingerprint density at radius 1 is 1.14 bits per heavy atom. The topological polar surface area (TPSA) is 31.4 Å². The minimum Gasteiger partial charge on any atom is -0.354 e. The minimum absolute atomic E-state index is 0.599. The van der Waals surface area contributed by atoms with E-state index < -0.39 is 0 Å². The summed E-state index contributed by atoms with van der Waals surface area (Å²) >= 11 is 0. The zero-order chi connectivity index (χ0) is 15.1. The predicted molar refractivity (Wildman–Crippen MR) is 89.9 cm³/mol. The Kier molecular flexibility index (Phi) is 6.46. The van der Waals surface area contributed by atoms with Gasteiger partial charge in [0, 0.05) is 44.5 Å². The van der Waals surface area contributed by atoms with Crippen molar-refractivity contribution in [3.05, 3.63) is 24.4 Å². The molecule has 0 bridgehead atoms. The van der Waals surface area contributed by atoms with Crippen LogP contribution in [0.5, 0.6) is 0 Å². The molecule has 1 unspecified atom stereocenters. The Bertz CT molecular complexity index is 385. The molecular weight excluding hydrogens is 260 g/mol. The van der Waals surface area contributed by atoms with Crippen LogP contribution < -0.4 is 10.2 Å². The van der Waals surface area contributed by atoms with Gasteiger partial charge in [-0.1, -0.05) is 19.9 Å². The molecule has 1 saturated heterocycles. The first-order chi connectivity index (χ1) is 10.2. The molecule has 1 N–H and O–H groups in total. The Balaban J connectivity index is 1.68. The Hall–Kier alpha value is -1.13. The van der Waals surface area contributed by atoms with Crippen molar-refractivity contribution in [2.45, 2.75) is 45.7 Å². The van der Waals surface area contributed by atoms with E-state index in [2.05, 4.69) is 53.0 Å². The largest absolute Gasteiger partial charge is 0.354 e. The molecule has 0 aromatic carbocycles. The smallest absolute Gasteiger partial charge is 0.128 e. The highest BCUT2D eigenvalue weighted by Crippen LogP contribution is 2.15. The lowest BCUT2D eigenvalue weighted by Crippen LogP contribution is -2.50. The molecule has 1 aliphatic rings. The number of nitrogens with one attached hydrogen (secondary N) is 1. The molecule has 4 heteroatoms. The van der Waals surface area contributed by atoms with E-state index in [0.29, 0.717) is 12.1 Å². The lowest BCUT2D eigenvalue weighted by Gasteiger charge is -2.38. The summed E-state index contributed by atoms with van der Waals surface area (Å²) in [5.41, 5.74) is 0. The first-order valence-corrected chi connectivity index (χ1v) is 8.30. The van der Waals surface area contributed by atoms with Crippen molar-refractivity contribution in [2.75, 3.05) is 37.6 Å². The van der Waals surface area contributed by atoms with Crippen LogP contribution in [0.2, 0.25) is 0 Å². The van der Waals surface area contributed by atoms with Gasteiger partial charge in [-0.25, -0.2) is 4.98 Å². The quantitative estimate of drug-likeness (QED) is 0.781. The maximum Gasteiger partial charge on any atom is 0.128 e. The van der Waals surface area contributed by atoms with Gasteiger partial charge >= 0.3 is 0 Å². The van der Waals surface area contributed by atoms with E-state index in [1.807, 2.05) is 12.3 Å². The molecule has 1 aromatic heterocycles. The van der Waals surface area contributed by atoms with E-state index in [9.17, 15) is 0 Å². The Labute approximate surface area is 129 Å². The fourth-order valence-electron chi connectivity index (χ4n) is 2.90. The zero-order valence-corrected chi connectivity index (χ0v) is 13.8. The molecule has 1 atom stereocenters. The van der Waals surface area contributed by atoms with Gasteiger partial charge < -0.3 is 10.2 Å². The second kappa shape index (κ2) is 8.35. The summed E-state index contributed by atoms with van der Waals surface area (Å²) in [7, 11) is 0. The maximum atomic E-state index is 4.45. The predicted octanol–water partition coefficient (Wildman–Crippen LogP) is 2.37. The van der Waals surface area contributed by atoms with Crippen LogP contribution in [0.25, 0.3) is 0 Å². The van der Waals surface area contributed by atoms with Gasteiger partial charge in [-0.05, 0) is 38.4 Å². The van der Waals surface area contributed by atoms with Crippen molar-refractivity contribution in [3.8, 4) is 0 Å². The number of anilines is 1. The average Bonchev–Trinajstić information content (AvgIpc) is 2.52. The van der Waals surface area contributed by atoms with Gasteiger partial charge in [0.05, 0.1) is 0 Å². The van der Waals surface area contributed by atoms with Crippen LogP contribution in [0, 0.1) is 0 Å². The normalized spacial score (nSPS) is 18.2. The molecule has 0 amide bonds. The van der Waals surface area contributed by atoms with Crippen molar-refractivity contribution >= 4 is 5.82 Å². The summed E-state index contributed by atoms with van der Waals surface area (Å²) in [6.45, 7) is 12.4. The number of pyridine rings is 1. The van der Waals surface area contributed by atoms with E-state index in [4.69, 9.17) is 0 Å². The summed E-state index contributed by atoms with van der Waals surface area (Å²) < 4.78 is 0. The molecule has 0 aliphatic carbocycles. The number of nitrogens with zero attached hydrogens (tertiary/aromatic N) is 3. The average molecular weight is 290 g/mol. The lowest BCUT2D eigenvalue weighted by atomic mass is 10.1. The summed E-state index contributed by atoms with van der Waals surface area (Å²) in [5.74, 6) is 1.12. The van der Waals surface area contributed by atoms with Gasteiger partial charge in [-0.15, -0.1) is 0 Å². The standard InChI is InChI=1S/C17H30N4/c1-15(2)18-10-6-7-16(3)20-11-13-21(14-12-20)17-8-4-5-9-19-17/h4-5,8-9,15-16,18H,6-7,10-14H2,1-3H3. The fraction of sp³-hybridized carbons (Fsp3) is 0.706. The number of piperazine rings is 1. The second-order valence-corrected chi connectivity index (χ2v) is 6.31. The molecule has 21 heavy (non-hydrogen) atoms. The van der Waals surface area contributed by atoms with Crippen LogP contribution >= 0.6 is 0 Å². The highest BCUT2D eigenvalue weighted by atomic mass is 15.3. The van der Waals surface area contributed by atoms with Crippen molar-refractivity contribution in [1.82, 2.24) is 15.2 Å². The number of aromatic nitrogens is 1. The van der Waals surface area contributed by atoms with Crippen molar-refractivity contribution in [2.24, 2.45) is 0 Å². The Morgan fingerprint density at radius 2 is 1.90 bits per heavy atom. The van der Waals surface area contributed by atoms with E-state index >= 15 is 0 Å². The minimum atomic E-state index is 0.599. The molecule has 1 aliphatic heterocycles. The number of hydrogen-bond acceptors (Lipinski definition) is 4. The summed E-state index contributed by atoms with van der Waals surface area (Å²) in [6.07, 6.45) is 4.43. The molecule has 1 aromatic rings. The third kappa shape index (κ3) is 5.29. The van der Waals surface area contributed by atoms with E-state index in [0.717, 1.165) is 38.5 Å². The Morgan fingerprint density at radius 3 is 2.52 bits per heavy atom. The van der Waals surface area contributed by atoms with Crippen LogP contribution in [0.4, 0.5) is 5.82 Å². The van der Waals surface area contributed by atoms with Crippen LogP contribution in [-0.4, -0.2) is 54.7 Å². The number of rotatable bonds is 7. The third-order valence-corrected chi connectivity index (χ3v) is 4.26. The molecule has 0 spiro atoms. The van der Waals surface area contributed by atoms with Crippen molar-refractivity contribution < 1.29 is 0 Å². The van der Waals surface area contributed by atoms with Crippen LogP contribution in [0.3, 0.4) is 0 Å². The SMILES string of the molecule is CC(C)NCCCC(C)N1CCN(c2ccccn2)CC1. The highest BCUT2D eigenvalue weighted by molar-refractivity contribution is 5.38. The summed E-state index contributed by atoms with van der Waals surface area (Å²) in [5, 5.41) is 3.50. The van der Waals surface area contributed by atoms with Crippen LogP contribution in [-0.2, 0) is 0 Å². The molecule has 2 rings (SSSR count). The number of hydrogen-bond donors (Lipinski definition) is 1. The van der Waals surface area contributed by atoms with Crippen LogP contribution in [0.1, 0.15) is 33.6 Å².